The summed E-state index contributed by atoms with van der Waals surface area (Å²) >= 11 is 1.42. The van der Waals surface area contributed by atoms with Gasteiger partial charge in [0.25, 0.3) is 0 Å². The largest absolute Gasteiger partial charge is 0.388 e. The van der Waals surface area contributed by atoms with E-state index in [1.165, 1.54) is 16.4 Å². The number of hydroxylamine groups is 2. The monoisotopic (exact) mass is 610 g/mol. The van der Waals surface area contributed by atoms with E-state index >= 15 is 0 Å². The van der Waals surface area contributed by atoms with Crippen LogP contribution < -0.4 is 0 Å². The molecule has 0 amide bonds. The summed E-state index contributed by atoms with van der Waals surface area (Å²) in [6, 6.07) is 38.4. The van der Waals surface area contributed by atoms with E-state index in [9.17, 15) is 10.3 Å². The van der Waals surface area contributed by atoms with Crippen molar-refractivity contribution in [3.63, 3.8) is 0 Å². The van der Waals surface area contributed by atoms with Crippen molar-refractivity contribution in [3.8, 4) is 0 Å². The smallest absolute Gasteiger partial charge is 0.116 e. The van der Waals surface area contributed by atoms with Crippen molar-refractivity contribution in [2.45, 2.75) is 50.7 Å². The maximum absolute atomic E-state index is 11.7. The van der Waals surface area contributed by atoms with Gasteiger partial charge in [-0.3, -0.25) is 0 Å². The molecule has 0 fully saturated rings. The molecule has 0 radical (unpaired) electrons. The van der Waals surface area contributed by atoms with Crippen LogP contribution >= 0.6 is 11.3 Å². The zero-order valence-electron chi connectivity index (χ0n) is 24.5. The molecule has 5 rings (SSSR count). The summed E-state index contributed by atoms with van der Waals surface area (Å²) in [5.41, 5.74) is 3.84. The summed E-state index contributed by atoms with van der Waals surface area (Å²) in [5, 5.41) is 27.1. The maximum atomic E-state index is 11.7. The second kappa shape index (κ2) is 16.9. The second-order valence-electron chi connectivity index (χ2n) is 10.5. The molecule has 7 nitrogen and oxygen atoms in total. The van der Waals surface area contributed by atoms with Gasteiger partial charge in [-0.05, 0) is 22.3 Å². The highest BCUT2D eigenvalue weighted by Crippen LogP contribution is 2.33. The molecule has 8 heteroatoms. The fourth-order valence-electron chi connectivity index (χ4n) is 4.98. The molecule has 1 aromatic heterocycles. The highest BCUT2D eigenvalue weighted by atomic mass is 32.1. The molecule has 0 aliphatic carbocycles. The first kappa shape index (κ1) is 31.7. The lowest BCUT2D eigenvalue weighted by molar-refractivity contribution is -0.220. The van der Waals surface area contributed by atoms with Crippen LogP contribution in [0, 0.1) is 0 Å². The SMILES string of the molecule is O[C@H](COCc1ccccc1)[C@@H](OCc1ccccc1)[C@H](OCc1ccccc1)C(c1nccs1)N(O)Cc1ccccc1. The number of hydrogen-bond donors (Lipinski definition) is 2. The molecule has 1 unspecified atom stereocenters. The van der Waals surface area contributed by atoms with Crippen molar-refractivity contribution < 1.29 is 24.5 Å². The minimum absolute atomic E-state index is 0.00819. The highest BCUT2D eigenvalue weighted by molar-refractivity contribution is 7.09. The number of ether oxygens (including phenoxy) is 3. The van der Waals surface area contributed by atoms with Crippen LogP contribution in [0.5, 0.6) is 0 Å². The van der Waals surface area contributed by atoms with E-state index in [2.05, 4.69) is 4.98 Å². The summed E-state index contributed by atoms with van der Waals surface area (Å²) < 4.78 is 19.1. The summed E-state index contributed by atoms with van der Waals surface area (Å²) in [6.45, 7) is 1.06. The molecule has 0 aliphatic rings. The van der Waals surface area contributed by atoms with Crippen LogP contribution in [0.3, 0.4) is 0 Å². The molecule has 5 aromatic rings. The lowest BCUT2D eigenvalue weighted by atomic mass is 9.99. The second-order valence-corrected chi connectivity index (χ2v) is 11.4. The predicted octanol–water partition coefficient (Wildman–Crippen LogP) is 6.82. The number of hydrogen-bond acceptors (Lipinski definition) is 8. The number of rotatable bonds is 17. The first-order valence-electron chi connectivity index (χ1n) is 14.7. The summed E-state index contributed by atoms with van der Waals surface area (Å²) in [7, 11) is 0. The Bertz CT molecular complexity index is 1460. The minimum atomic E-state index is -1.07. The normalized spacial score (nSPS) is 14.2. The summed E-state index contributed by atoms with van der Waals surface area (Å²) in [6.07, 6.45) is -1.07. The van der Waals surface area contributed by atoms with E-state index < -0.39 is 24.4 Å². The summed E-state index contributed by atoms with van der Waals surface area (Å²) in [4.78, 5) is 4.59. The molecule has 0 saturated heterocycles. The van der Waals surface area contributed by atoms with Crippen LogP contribution in [0.4, 0.5) is 0 Å². The van der Waals surface area contributed by atoms with Gasteiger partial charge >= 0.3 is 0 Å². The Balaban J connectivity index is 1.46. The minimum Gasteiger partial charge on any atom is -0.388 e. The molecule has 0 aliphatic heterocycles. The zero-order chi connectivity index (χ0) is 30.4. The Labute approximate surface area is 262 Å². The third-order valence-electron chi connectivity index (χ3n) is 7.20. The fourth-order valence-corrected chi connectivity index (χ4v) is 5.76. The maximum Gasteiger partial charge on any atom is 0.116 e. The number of aliphatic hydroxyl groups excluding tert-OH is 1. The molecule has 0 bridgehead atoms. The van der Waals surface area contributed by atoms with Gasteiger partial charge in [0.05, 0.1) is 26.4 Å². The Morgan fingerprint density at radius 3 is 1.61 bits per heavy atom. The highest BCUT2D eigenvalue weighted by Gasteiger charge is 2.41. The first-order chi connectivity index (χ1) is 21.7. The van der Waals surface area contributed by atoms with E-state index in [0.717, 1.165) is 22.3 Å². The molecule has 2 N–H and O–H groups in total. The Kier molecular flexibility index (Phi) is 12.2. The number of benzene rings is 4. The average molecular weight is 611 g/mol. The standard InChI is InChI=1S/C36H38N2O5S/c39-32(27-41-24-29-15-7-2-8-16-29)34(42-25-30-17-9-3-10-18-30)35(43-26-31-19-11-4-12-20-31)33(36-37-21-22-44-36)38(40)23-28-13-5-1-6-14-28/h1-22,32-35,39-40H,23-27H2/t32-,33?,34-,35-/m1/s1. The van der Waals surface area contributed by atoms with Crippen LogP contribution in [0.2, 0.25) is 0 Å². The fraction of sp³-hybridized carbons (Fsp3) is 0.250. The van der Waals surface area contributed by atoms with Crippen molar-refractivity contribution in [2.24, 2.45) is 0 Å². The lowest BCUT2D eigenvalue weighted by Crippen LogP contribution is -2.50. The average Bonchev–Trinajstić information content (AvgIpc) is 3.60. The Morgan fingerprint density at radius 1 is 0.636 bits per heavy atom. The van der Waals surface area contributed by atoms with E-state index in [1.807, 2.05) is 127 Å². The third kappa shape index (κ3) is 9.38. The van der Waals surface area contributed by atoms with Crippen molar-refractivity contribution >= 4 is 11.3 Å². The van der Waals surface area contributed by atoms with Crippen LogP contribution in [-0.4, -0.2) is 45.3 Å². The van der Waals surface area contributed by atoms with Gasteiger partial charge in [0, 0.05) is 18.1 Å². The van der Waals surface area contributed by atoms with Gasteiger partial charge in [-0.25, -0.2) is 4.98 Å². The van der Waals surface area contributed by atoms with Gasteiger partial charge in [0.1, 0.15) is 29.4 Å². The molecule has 44 heavy (non-hydrogen) atoms. The number of aliphatic hydroxyl groups is 1. The molecule has 4 atom stereocenters. The zero-order valence-corrected chi connectivity index (χ0v) is 25.3. The molecule has 4 aromatic carbocycles. The molecular weight excluding hydrogens is 572 g/mol. The number of nitrogens with zero attached hydrogens (tertiary/aromatic N) is 2. The number of aromatic nitrogens is 1. The van der Waals surface area contributed by atoms with E-state index in [1.54, 1.807) is 6.20 Å². The van der Waals surface area contributed by atoms with E-state index in [-0.39, 0.29) is 26.4 Å². The van der Waals surface area contributed by atoms with Crippen molar-refractivity contribution in [2.75, 3.05) is 6.61 Å². The van der Waals surface area contributed by atoms with Gasteiger partial charge < -0.3 is 24.5 Å². The Morgan fingerprint density at radius 2 is 1.11 bits per heavy atom. The topological polar surface area (TPSA) is 84.3 Å². The van der Waals surface area contributed by atoms with Gasteiger partial charge in [-0.2, -0.15) is 5.06 Å². The van der Waals surface area contributed by atoms with Crippen LogP contribution in [-0.2, 0) is 40.6 Å². The molecule has 1 heterocycles. The summed E-state index contributed by atoms with van der Waals surface area (Å²) in [5.74, 6) is 0. The van der Waals surface area contributed by atoms with Crippen LogP contribution in [0.15, 0.2) is 133 Å². The third-order valence-corrected chi connectivity index (χ3v) is 8.04. The van der Waals surface area contributed by atoms with Gasteiger partial charge in [-0.15, -0.1) is 11.3 Å². The van der Waals surface area contributed by atoms with Gasteiger partial charge in [0.15, 0.2) is 0 Å². The van der Waals surface area contributed by atoms with Crippen LogP contribution in [0.25, 0.3) is 0 Å². The van der Waals surface area contributed by atoms with E-state index in [4.69, 9.17) is 14.2 Å². The van der Waals surface area contributed by atoms with Crippen molar-refractivity contribution in [1.82, 2.24) is 10.0 Å². The van der Waals surface area contributed by atoms with Crippen molar-refractivity contribution in [1.29, 1.82) is 0 Å². The number of thiazole rings is 1. The van der Waals surface area contributed by atoms with Crippen LogP contribution in [0.1, 0.15) is 33.3 Å². The molecule has 228 valence electrons. The lowest BCUT2D eigenvalue weighted by Gasteiger charge is -2.38. The molecule has 0 saturated carbocycles. The van der Waals surface area contributed by atoms with Crippen molar-refractivity contribution in [3.05, 3.63) is 160 Å². The quantitative estimate of drug-likeness (QED) is 0.112. The van der Waals surface area contributed by atoms with Gasteiger partial charge in [0.2, 0.25) is 0 Å². The first-order valence-corrected chi connectivity index (χ1v) is 15.5. The predicted molar refractivity (Wildman–Crippen MR) is 171 cm³/mol. The molecular formula is C36H38N2O5S. The molecule has 0 spiro atoms. The Hall–Kier alpha value is -3.73. The van der Waals surface area contributed by atoms with Gasteiger partial charge in [-0.1, -0.05) is 121 Å². The van der Waals surface area contributed by atoms with E-state index in [0.29, 0.717) is 11.6 Å².